The molecule has 0 aliphatic carbocycles. The van der Waals surface area contributed by atoms with Crippen LogP contribution in [0.5, 0.6) is 0 Å². The van der Waals surface area contributed by atoms with Gasteiger partial charge in [-0.1, -0.05) is 23.7 Å². The number of halogens is 1. The van der Waals surface area contributed by atoms with Crippen LogP contribution in [0, 0.1) is 0 Å². The normalized spacial score (nSPS) is 10.9. The topological polar surface area (TPSA) is 29.6 Å². The second-order valence-corrected chi connectivity index (χ2v) is 6.37. The largest absolute Gasteiger partial charge is 0.324 e. The van der Waals surface area contributed by atoms with Crippen molar-refractivity contribution in [3.8, 4) is 5.69 Å². The molecule has 1 heterocycles. The summed E-state index contributed by atoms with van der Waals surface area (Å²) in [6.45, 7) is 0. The Kier molecular flexibility index (Phi) is 5.51. The predicted octanol–water partition coefficient (Wildman–Crippen LogP) is 4.79. The molecule has 0 N–H and O–H groups in total. The molecular formula is C19H16ClN3S. The van der Waals surface area contributed by atoms with Crippen molar-refractivity contribution in [2.45, 2.75) is 4.90 Å². The summed E-state index contributed by atoms with van der Waals surface area (Å²) in [7, 11) is 0. The highest BCUT2D eigenvalue weighted by atomic mass is 35.5. The Morgan fingerprint density at radius 1 is 0.917 bits per heavy atom. The third kappa shape index (κ3) is 4.37. The van der Waals surface area contributed by atoms with Gasteiger partial charge in [-0.3, -0.25) is 0 Å². The minimum Gasteiger partial charge on any atom is -0.324 e. The summed E-state index contributed by atoms with van der Waals surface area (Å²) in [5.41, 5.74) is 2.08. The van der Waals surface area contributed by atoms with E-state index in [-0.39, 0.29) is 0 Å². The third-order valence-electron chi connectivity index (χ3n) is 3.43. The minimum atomic E-state index is 0.728. The first kappa shape index (κ1) is 16.6. The zero-order chi connectivity index (χ0) is 16.8. The van der Waals surface area contributed by atoms with E-state index < -0.39 is 0 Å². The number of nitrogens with zero attached hydrogens (tertiary/aromatic N) is 3. The van der Waals surface area contributed by atoms with Crippen molar-refractivity contribution in [3.63, 3.8) is 0 Å². The van der Waals surface area contributed by atoms with E-state index in [0.29, 0.717) is 0 Å². The molecule has 0 unspecified atom stereocenters. The van der Waals surface area contributed by atoms with E-state index in [1.165, 1.54) is 4.90 Å². The van der Waals surface area contributed by atoms with E-state index in [4.69, 9.17) is 11.6 Å². The maximum absolute atomic E-state index is 5.91. The van der Waals surface area contributed by atoms with Gasteiger partial charge in [-0.15, -0.1) is 11.8 Å². The number of rotatable bonds is 4. The summed E-state index contributed by atoms with van der Waals surface area (Å²) >= 11 is 7.63. The second-order valence-electron chi connectivity index (χ2n) is 5.06. The van der Waals surface area contributed by atoms with Gasteiger partial charge in [0.05, 0.1) is 11.6 Å². The van der Waals surface area contributed by atoms with Gasteiger partial charge in [0.1, 0.15) is 0 Å². The molecule has 2 aromatic carbocycles. The lowest BCUT2D eigenvalue weighted by Crippen LogP contribution is -2.03. The van der Waals surface area contributed by atoms with Crippen LogP contribution in [0.4, 0.5) is 0 Å². The maximum atomic E-state index is 5.91. The van der Waals surface area contributed by atoms with Crippen LogP contribution in [0.3, 0.4) is 0 Å². The minimum absolute atomic E-state index is 0.728. The molecular weight excluding hydrogens is 338 g/mol. The van der Waals surface area contributed by atoms with Crippen LogP contribution < -0.4 is 5.36 Å². The van der Waals surface area contributed by atoms with Crippen LogP contribution in [0.25, 0.3) is 5.69 Å². The van der Waals surface area contributed by atoms with E-state index in [1.807, 2.05) is 65.5 Å². The zero-order valence-corrected chi connectivity index (χ0v) is 14.7. The molecule has 0 bridgehead atoms. The van der Waals surface area contributed by atoms with E-state index in [2.05, 4.69) is 28.6 Å². The van der Waals surface area contributed by atoms with Gasteiger partial charge in [0.25, 0.3) is 0 Å². The highest BCUT2D eigenvalue weighted by Crippen LogP contribution is 2.14. The van der Waals surface area contributed by atoms with Gasteiger partial charge in [0, 0.05) is 28.0 Å². The molecule has 120 valence electrons. The average molecular weight is 354 g/mol. The number of hydrogen-bond donors (Lipinski definition) is 0. The maximum Gasteiger partial charge on any atom is 0.0886 e. The number of aromatic nitrogens is 1. The van der Waals surface area contributed by atoms with Crippen LogP contribution in [0.2, 0.25) is 5.02 Å². The van der Waals surface area contributed by atoms with Gasteiger partial charge in [0.2, 0.25) is 0 Å². The highest BCUT2D eigenvalue weighted by Gasteiger charge is 1.94. The van der Waals surface area contributed by atoms with E-state index >= 15 is 0 Å². The first-order chi connectivity index (χ1) is 11.7. The summed E-state index contributed by atoms with van der Waals surface area (Å²) in [6.07, 6.45) is 7.71. The van der Waals surface area contributed by atoms with Crippen LogP contribution in [0.1, 0.15) is 5.56 Å². The van der Waals surface area contributed by atoms with Crippen molar-refractivity contribution in [1.82, 2.24) is 4.57 Å². The lowest BCUT2D eigenvalue weighted by Gasteiger charge is -2.05. The highest BCUT2D eigenvalue weighted by molar-refractivity contribution is 7.98. The van der Waals surface area contributed by atoms with Crippen molar-refractivity contribution in [2.24, 2.45) is 10.2 Å². The summed E-state index contributed by atoms with van der Waals surface area (Å²) < 4.78 is 2.00. The molecule has 0 spiro atoms. The molecule has 3 nitrogen and oxygen atoms in total. The molecule has 3 rings (SSSR count). The van der Waals surface area contributed by atoms with Crippen molar-refractivity contribution in [3.05, 3.63) is 89.0 Å². The van der Waals surface area contributed by atoms with Crippen molar-refractivity contribution < 1.29 is 0 Å². The van der Waals surface area contributed by atoms with E-state index in [9.17, 15) is 0 Å². The summed E-state index contributed by atoms with van der Waals surface area (Å²) in [6, 6.07) is 19.7. The van der Waals surface area contributed by atoms with Gasteiger partial charge >= 0.3 is 0 Å². The molecule has 0 aliphatic rings. The predicted molar refractivity (Wildman–Crippen MR) is 102 cm³/mol. The fourth-order valence-electron chi connectivity index (χ4n) is 2.12. The first-order valence-corrected chi connectivity index (χ1v) is 9.00. The molecule has 3 aromatic rings. The van der Waals surface area contributed by atoms with Crippen molar-refractivity contribution in [1.29, 1.82) is 0 Å². The summed E-state index contributed by atoms with van der Waals surface area (Å²) in [5.74, 6) is 0. The van der Waals surface area contributed by atoms with Gasteiger partial charge in [-0.25, -0.2) is 0 Å². The Balaban J connectivity index is 1.73. The number of pyridine rings is 1. The molecule has 1 aromatic heterocycles. The Labute approximate surface area is 150 Å². The third-order valence-corrected chi connectivity index (χ3v) is 4.43. The lowest BCUT2D eigenvalue weighted by molar-refractivity contribution is 1.02. The zero-order valence-electron chi connectivity index (χ0n) is 13.1. The Hall–Kier alpha value is -2.30. The molecule has 0 fully saturated rings. The first-order valence-electron chi connectivity index (χ1n) is 7.40. The fourth-order valence-corrected chi connectivity index (χ4v) is 2.66. The van der Waals surface area contributed by atoms with E-state index in [1.54, 1.807) is 18.0 Å². The average Bonchev–Trinajstić information content (AvgIpc) is 2.64. The molecule has 24 heavy (non-hydrogen) atoms. The molecule has 0 saturated carbocycles. The Bertz CT molecular complexity index is 877. The summed E-state index contributed by atoms with van der Waals surface area (Å²) in [5, 5.41) is 9.90. The smallest absolute Gasteiger partial charge is 0.0886 e. The SMILES string of the molecule is CSc1ccc(/C=N/N=c2ccn(-c3ccc(Cl)cc3)cc2)cc1. The van der Waals surface area contributed by atoms with E-state index in [0.717, 1.165) is 21.6 Å². The summed E-state index contributed by atoms with van der Waals surface area (Å²) in [4.78, 5) is 1.24. The van der Waals surface area contributed by atoms with Gasteiger partial charge in [-0.05, 0) is 60.4 Å². The molecule has 0 aliphatic heterocycles. The lowest BCUT2D eigenvalue weighted by atomic mass is 10.2. The Morgan fingerprint density at radius 2 is 1.58 bits per heavy atom. The Morgan fingerprint density at radius 3 is 2.21 bits per heavy atom. The van der Waals surface area contributed by atoms with Crippen LogP contribution in [0.15, 0.2) is 88.2 Å². The number of benzene rings is 2. The molecule has 0 atom stereocenters. The second kappa shape index (κ2) is 7.99. The molecule has 5 heteroatoms. The van der Waals surface area contributed by atoms with Gasteiger partial charge < -0.3 is 4.57 Å². The van der Waals surface area contributed by atoms with Crippen molar-refractivity contribution in [2.75, 3.05) is 6.26 Å². The van der Waals surface area contributed by atoms with Crippen molar-refractivity contribution >= 4 is 29.6 Å². The van der Waals surface area contributed by atoms with Gasteiger partial charge in [0.15, 0.2) is 0 Å². The molecule has 0 radical (unpaired) electrons. The number of hydrogen-bond acceptors (Lipinski definition) is 3. The monoisotopic (exact) mass is 353 g/mol. The van der Waals surface area contributed by atoms with Gasteiger partial charge in [-0.2, -0.15) is 10.2 Å². The quantitative estimate of drug-likeness (QED) is 0.377. The standard InChI is InChI=1S/C19H16ClN3S/c1-24-19-8-2-15(3-9-19)14-21-22-17-10-12-23(13-11-17)18-6-4-16(20)5-7-18/h2-14H,1H3/b21-14+. The van der Waals surface area contributed by atoms with Crippen LogP contribution in [-0.4, -0.2) is 17.0 Å². The van der Waals surface area contributed by atoms with Crippen LogP contribution >= 0.6 is 23.4 Å². The fraction of sp³-hybridized carbons (Fsp3) is 0.0526. The van der Waals surface area contributed by atoms with Crippen LogP contribution in [-0.2, 0) is 0 Å². The molecule has 0 saturated heterocycles. The number of thioether (sulfide) groups is 1. The molecule has 0 amide bonds.